The molecule has 1 aliphatic carbocycles. The van der Waals surface area contributed by atoms with E-state index in [0.29, 0.717) is 25.6 Å². The zero-order valence-electron chi connectivity index (χ0n) is 19.0. The van der Waals surface area contributed by atoms with Gasteiger partial charge in [-0.1, -0.05) is 42.5 Å². The lowest BCUT2D eigenvalue weighted by Gasteiger charge is -2.28. The fraction of sp³-hybridized carbons (Fsp3) is 0.308. The lowest BCUT2D eigenvalue weighted by Crippen LogP contribution is -2.45. The molecule has 0 bridgehead atoms. The molecule has 3 amide bonds. The van der Waals surface area contributed by atoms with E-state index in [1.165, 1.54) is 17.0 Å². The van der Waals surface area contributed by atoms with E-state index in [9.17, 15) is 22.8 Å². The minimum Gasteiger partial charge on any atom is -0.332 e. The maximum Gasteiger partial charge on any atom is 0.416 e. The SMILES string of the molecule is O=C(CN(CC1CC1)C(=O)Nc1cccc(C(F)(F)F)c1)N(Cc1ccccc1)Cc1cccs1. The van der Waals surface area contributed by atoms with Gasteiger partial charge in [0.05, 0.1) is 12.1 Å². The molecule has 9 heteroatoms. The summed E-state index contributed by atoms with van der Waals surface area (Å²) >= 11 is 1.55. The van der Waals surface area contributed by atoms with Crippen LogP contribution in [0.5, 0.6) is 0 Å². The van der Waals surface area contributed by atoms with Crippen molar-refractivity contribution < 1.29 is 22.8 Å². The first kappa shape index (κ1) is 24.8. The molecule has 1 aliphatic rings. The Kier molecular flexibility index (Phi) is 7.75. The summed E-state index contributed by atoms with van der Waals surface area (Å²) in [5.74, 6) is 0.0806. The second-order valence-corrected chi connectivity index (χ2v) is 9.68. The highest BCUT2D eigenvalue weighted by atomic mass is 32.1. The smallest absolute Gasteiger partial charge is 0.332 e. The number of rotatable bonds is 9. The molecule has 1 heterocycles. The monoisotopic (exact) mass is 501 g/mol. The van der Waals surface area contributed by atoms with E-state index in [1.807, 2.05) is 47.8 Å². The molecule has 3 aromatic rings. The van der Waals surface area contributed by atoms with Crippen molar-refractivity contribution in [1.82, 2.24) is 9.80 Å². The summed E-state index contributed by atoms with van der Waals surface area (Å²) in [6.45, 7) is 1.04. The van der Waals surface area contributed by atoms with Crippen molar-refractivity contribution >= 4 is 29.0 Å². The number of nitrogens with one attached hydrogen (secondary N) is 1. The number of anilines is 1. The van der Waals surface area contributed by atoms with Crippen molar-refractivity contribution in [3.8, 4) is 0 Å². The van der Waals surface area contributed by atoms with Gasteiger partial charge in [-0.3, -0.25) is 4.79 Å². The molecule has 35 heavy (non-hydrogen) atoms. The predicted molar refractivity (Wildman–Crippen MR) is 130 cm³/mol. The first-order chi connectivity index (χ1) is 16.8. The Hall–Kier alpha value is -3.33. The van der Waals surface area contributed by atoms with Crippen molar-refractivity contribution in [2.24, 2.45) is 5.92 Å². The molecule has 0 spiro atoms. The van der Waals surface area contributed by atoms with Gasteiger partial charge in [-0.05, 0) is 54.0 Å². The van der Waals surface area contributed by atoms with Gasteiger partial charge in [0.2, 0.25) is 5.91 Å². The zero-order valence-corrected chi connectivity index (χ0v) is 19.8. The summed E-state index contributed by atoms with van der Waals surface area (Å²) in [5, 5.41) is 4.49. The van der Waals surface area contributed by atoms with E-state index < -0.39 is 17.8 Å². The van der Waals surface area contributed by atoms with Crippen LogP contribution in [-0.4, -0.2) is 34.8 Å². The molecule has 0 saturated heterocycles. The first-order valence-electron chi connectivity index (χ1n) is 11.3. The third-order valence-electron chi connectivity index (χ3n) is 5.73. The molecule has 0 unspecified atom stereocenters. The lowest BCUT2D eigenvalue weighted by atomic mass is 10.2. The molecule has 5 nitrogen and oxygen atoms in total. The Morgan fingerprint density at radius 3 is 2.37 bits per heavy atom. The minimum absolute atomic E-state index is 0.0396. The number of alkyl halides is 3. The topological polar surface area (TPSA) is 52.7 Å². The maximum absolute atomic E-state index is 13.4. The van der Waals surface area contributed by atoms with Crippen LogP contribution in [-0.2, 0) is 24.1 Å². The number of thiophene rings is 1. The second kappa shape index (κ2) is 10.9. The van der Waals surface area contributed by atoms with Gasteiger partial charge in [0, 0.05) is 23.7 Å². The Balaban J connectivity index is 1.48. The number of nitrogens with zero attached hydrogens (tertiary/aromatic N) is 2. The van der Waals surface area contributed by atoms with Crippen LogP contribution in [0.1, 0.15) is 28.8 Å². The van der Waals surface area contributed by atoms with Gasteiger partial charge in [-0.2, -0.15) is 13.2 Å². The Bertz CT molecular complexity index is 1130. The van der Waals surface area contributed by atoms with Crippen molar-refractivity contribution in [3.63, 3.8) is 0 Å². The van der Waals surface area contributed by atoms with Gasteiger partial charge in [-0.25, -0.2) is 4.79 Å². The van der Waals surface area contributed by atoms with Crippen LogP contribution in [0.25, 0.3) is 0 Å². The fourth-order valence-corrected chi connectivity index (χ4v) is 4.42. The van der Waals surface area contributed by atoms with E-state index in [2.05, 4.69) is 5.32 Å². The largest absolute Gasteiger partial charge is 0.416 e. The number of benzene rings is 2. The quantitative estimate of drug-likeness (QED) is 0.377. The van der Waals surface area contributed by atoms with Gasteiger partial charge >= 0.3 is 12.2 Å². The summed E-state index contributed by atoms with van der Waals surface area (Å²) in [6, 6.07) is 17.4. The highest BCUT2D eigenvalue weighted by Gasteiger charge is 2.32. The fourth-order valence-electron chi connectivity index (χ4n) is 3.70. The number of urea groups is 1. The molecule has 1 aromatic heterocycles. The van der Waals surface area contributed by atoms with Gasteiger partial charge < -0.3 is 15.1 Å². The number of halogens is 3. The predicted octanol–water partition coefficient (Wildman–Crippen LogP) is 6.24. The number of carbonyl (C=O) groups is 2. The average molecular weight is 502 g/mol. The third-order valence-corrected chi connectivity index (χ3v) is 6.59. The molecule has 1 N–H and O–H groups in total. The van der Waals surface area contributed by atoms with Crippen LogP contribution in [0.15, 0.2) is 72.1 Å². The maximum atomic E-state index is 13.4. The summed E-state index contributed by atoms with van der Waals surface area (Å²) < 4.78 is 39.2. The van der Waals surface area contributed by atoms with E-state index >= 15 is 0 Å². The molecule has 1 saturated carbocycles. The van der Waals surface area contributed by atoms with Crippen molar-refractivity contribution in [2.75, 3.05) is 18.4 Å². The summed E-state index contributed by atoms with van der Waals surface area (Å²) in [5.41, 5.74) is 0.169. The molecular weight excluding hydrogens is 475 g/mol. The van der Waals surface area contributed by atoms with Crippen molar-refractivity contribution in [1.29, 1.82) is 0 Å². The molecule has 0 atom stereocenters. The number of carbonyl (C=O) groups excluding carboxylic acids is 2. The lowest BCUT2D eigenvalue weighted by molar-refractivity contribution is -0.137. The normalized spacial score (nSPS) is 13.3. The molecular formula is C26H26F3N3O2S. The summed E-state index contributed by atoms with van der Waals surface area (Å²) in [7, 11) is 0. The van der Waals surface area contributed by atoms with Gasteiger partial charge in [-0.15, -0.1) is 11.3 Å². The third kappa shape index (κ3) is 7.32. The summed E-state index contributed by atoms with van der Waals surface area (Å²) in [4.78, 5) is 30.6. The van der Waals surface area contributed by atoms with E-state index in [0.717, 1.165) is 35.4 Å². The standard InChI is InChI=1S/C26H26F3N3O2S/c27-26(28,29)21-8-4-9-22(14-21)30-25(34)32(16-20-11-12-20)18-24(33)31(17-23-10-5-13-35-23)15-19-6-2-1-3-7-19/h1-10,13-14,20H,11-12,15-18H2,(H,30,34). The number of hydrogen-bond donors (Lipinski definition) is 1. The van der Waals surface area contributed by atoms with Crippen LogP contribution in [0.3, 0.4) is 0 Å². The van der Waals surface area contributed by atoms with Gasteiger partial charge in [0.1, 0.15) is 6.54 Å². The van der Waals surface area contributed by atoms with E-state index in [-0.39, 0.29) is 18.1 Å². The highest BCUT2D eigenvalue weighted by molar-refractivity contribution is 7.09. The minimum atomic E-state index is -4.51. The van der Waals surface area contributed by atoms with Gasteiger partial charge in [0.25, 0.3) is 0 Å². The Morgan fingerprint density at radius 2 is 1.71 bits per heavy atom. The van der Waals surface area contributed by atoms with E-state index in [4.69, 9.17) is 0 Å². The zero-order chi connectivity index (χ0) is 24.8. The Morgan fingerprint density at radius 1 is 0.943 bits per heavy atom. The Labute approximate surface area is 206 Å². The van der Waals surface area contributed by atoms with E-state index in [1.54, 1.807) is 16.2 Å². The molecule has 1 fully saturated rings. The average Bonchev–Trinajstić information content (AvgIpc) is 3.50. The first-order valence-corrected chi connectivity index (χ1v) is 12.2. The van der Waals surface area contributed by atoms with Crippen molar-refractivity contribution in [2.45, 2.75) is 32.1 Å². The van der Waals surface area contributed by atoms with Crippen LogP contribution >= 0.6 is 11.3 Å². The van der Waals surface area contributed by atoms with Crippen LogP contribution in [0.2, 0.25) is 0 Å². The van der Waals surface area contributed by atoms with Crippen LogP contribution < -0.4 is 5.32 Å². The second-order valence-electron chi connectivity index (χ2n) is 8.65. The number of amides is 3. The molecule has 184 valence electrons. The molecule has 0 radical (unpaired) electrons. The molecule has 2 aromatic carbocycles. The summed E-state index contributed by atoms with van der Waals surface area (Å²) in [6.07, 6.45) is -2.58. The van der Waals surface area contributed by atoms with Crippen molar-refractivity contribution in [3.05, 3.63) is 88.1 Å². The van der Waals surface area contributed by atoms with Crippen LogP contribution in [0.4, 0.5) is 23.7 Å². The molecule has 4 rings (SSSR count). The van der Waals surface area contributed by atoms with Crippen LogP contribution in [0, 0.1) is 5.92 Å². The highest BCUT2D eigenvalue weighted by Crippen LogP contribution is 2.32. The van der Waals surface area contributed by atoms with Gasteiger partial charge in [0.15, 0.2) is 0 Å². The molecule has 0 aliphatic heterocycles. The number of hydrogen-bond acceptors (Lipinski definition) is 3.